The van der Waals surface area contributed by atoms with Crippen LogP contribution in [0.25, 0.3) is 0 Å². The van der Waals surface area contributed by atoms with Crippen LogP contribution >= 0.6 is 0 Å². The van der Waals surface area contributed by atoms with Crippen molar-refractivity contribution in [2.75, 3.05) is 13.1 Å². The number of hydrogen-bond acceptors (Lipinski definition) is 5. The zero-order valence-electron chi connectivity index (χ0n) is 17.4. The molecule has 2 heterocycles. The summed E-state index contributed by atoms with van der Waals surface area (Å²) in [4.78, 5) is 44.5. The molecule has 8 nitrogen and oxygen atoms in total. The number of piperidine rings is 1. The fourth-order valence-electron chi connectivity index (χ4n) is 3.95. The molecule has 158 valence electrons. The molecule has 3 amide bonds. The maximum absolute atomic E-state index is 12.9. The minimum Gasteiger partial charge on any atom is -0.444 e. The minimum absolute atomic E-state index is 0.0994. The molecule has 2 aliphatic heterocycles. The molecule has 2 saturated heterocycles. The van der Waals surface area contributed by atoms with Crippen molar-refractivity contribution in [2.24, 2.45) is 5.92 Å². The van der Waals surface area contributed by atoms with Gasteiger partial charge in [0.2, 0.25) is 0 Å². The van der Waals surface area contributed by atoms with Crippen LogP contribution in [0.4, 0.5) is 9.59 Å². The van der Waals surface area contributed by atoms with Gasteiger partial charge in [0, 0.05) is 19.0 Å². The second-order valence-corrected chi connectivity index (χ2v) is 8.61. The van der Waals surface area contributed by atoms with Crippen LogP contribution in [0.3, 0.4) is 0 Å². The second kappa shape index (κ2) is 8.41. The molecule has 29 heavy (non-hydrogen) atoms. The zero-order valence-corrected chi connectivity index (χ0v) is 17.4. The number of benzene rings is 1. The highest BCUT2D eigenvalue weighted by atomic mass is 16.7. The lowest BCUT2D eigenvalue weighted by Crippen LogP contribution is -2.53. The molecule has 2 aliphatic rings. The summed E-state index contributed by atoms with van der Waals surface area (Å²) >= 11 is 0. The number of carbonyl (C=O) groups excluding carboxylic acids is 3. The van der Waals surface area contributed by atoms with Crippen molar-refractivity contribution in [3.63, 3.8) is 0 Å². The highest BCUT2D eigenvalue weighted by molar-refractivity contribution is 5.88. The summed E-state index contributed by atoms with van der Waals surface area (Å²) in [6.45, 7) is 7.83. The molecule has 0 radical (unpaired) electrons. The number of rotatable bonds is 6. The van der Waals surface area contributed by atoms with Gasteiger partial charge in [-0.1, -0.05) is 30.3 Å². The van der Waals surface area contributed by atoms with Crippen molar-refractivity contribution >= 4 is 17.9 Å². The van der Waals surface area contributed by atoms with Gasteiger partial charge in [0.1, 0.15) is 12.2 Å². The van der Waals surface area contributed by atoms with Gasteiger partial charge in [-0.25, -0.2) is 9.59 Å². The normalized spacial score (nSPS) is 23.9. The largest absolute Gasteiger partial charge is 0.444 e. The Bertz CT molecular complexity index is 761. The molecule has 1 aromatic carbocycles. The van der Waals surface area contributed by atoms with Gasteiger partial charge >= 0.3 is 12.1 Å². The Labute approximate surface area is 171 Å². The number of nitrogens with one attached hydrogen (secondary N) is 1. The molecule has 0 spiro atoms. The van der Waals surface area contributed by atoms with Gasteiger partial charge < -0.3 is 15.0 Å². The van der Waals surface area contributed by atoms with Crippen molar-refractivity contribution < 1.29 is 24.0 Å². The van der Waals surface area contributed by atoms with Crippen LogP contribution in [0.15, 0.2) is 30.3 Å². The van der Waals surface area contributed by atoms with E-state index < -0.39 is 17.7 Å². The molecule has 0 aliphatic carbocycles. The Hall–Kier alpha value is -2.61. The van der Waals surface area contributed by atoms with E-state index in [1.165, 1.54) is 12.0 Å². The number of alkyl carbamates (subject to hydrolysis) is 1. The van der Waals surface area contributed by atoms with E-state index in [4.69, 9.17) is 9.57 Å². The maximum atomic E-state index is 12.9. The quantitative estimate of drug-likeness (QED) is 0.789. The van der Waals surface area contributed by atoms with E-state index in [1.54, 1.807) is 25.7 Å². The number of Topliss-reactive ketones (excluding diaryl/α,β-unsaturated/α-hetero) is 1. The number of carbonyl (C=O) groups is 3. The highest BCUT2D eigenvalue weighted by Gasteiger charge is 2.51. The van der Waals surface area contributed by atoms with Crippen LogP contribution < -0.4 is 5.32 Å². The Morgan fingerprint density at radius 3 is 2.52 bits per heavy atom. The lowest BCUT2D eigenvalue weighted by atomic mass is 9.86. The van der Waals surface area contributed by atoms with Crippen molar-refractivity contribution in [1.82, 2.24) is 15.3 Å². The van der Waals surface area contributed by atoms with Gasteiger partial charge in [-0.2, -0.15) is 5.06 Å². The molecule has 1 aromatic rings. The van der Waals surface area contributed by atoms with Gasteiger partial charge in [-0.3, -0.25) is 9.63 Å². The van der Waals surface area contributed by atoms with E-state index >= 15 is 0 Å². The number of hydrogen-bond donors (Lipinski definition) is 1. The third kappa shape index (κ3) is 5.06. The molecule has 0 aromatic heterocycles. The van der Waals surface area contributed by atoms with Crippen molar-refractivity contribution in [2.45, 2.75) is 58.4 Å². The molecule has 3 atom stereocenters. The summed E-state index contributed by atoms with van der Waals surface area (Å²) in [6.07, 6.45) is 0.0353. The number of amides is 3. The van der Waals surface area contributed by atoms with Crippen LogP contribution in [0.5, 0.6) is 0 Å². The van der Waals surface area contributed by atoms with Crippen LogP contribution in [-0.2, 0) is 21.0 Å². The van der Waals surface area contributed by atoms with E-state index in [2.05, 4.69) is 5.32 Å². The van der Waals surface area contributed by atoms with E-state index in [0.717, 1.165) is 5.56 Å². The number of fused-ring (bicyclic) bond motifs is 2. The van der Waals surface area contributed by atoms with Gasteiger partial charge in [0.25, 0.3) is 0 Å². The number of hydroxylamine groups is 2. The minimum atomic E-state index is -0.600. The number of ether oxygens (including phenoxy) is 1. The summed E-state index contributed by atoms with van der Waals surface area (Å²) in [6, 6.07) is 8.56. The van der Waals surface area contributed by atoms with Crippen LogP contribution in [0.1, 0.15) is 39.7 Å². The topological polar surface area (TPSA) is 88.2 Å². The average molecular weight is 403 g/mol. The summed E-state index contributed by atoms with van der Waals surface area (Å²) in [5.41, 5.74) is 0.361. The molecule has 1 N–H and O–H groups in total. The summed E-state index contributed by atoms with van der Waals surface area (Å²) in [5, 5.41) is 4.12. The van der Waals surface area contributed by atoms with E-state index in [9.17, 15) is 14.4 Å². The Kier molecular flexibility index (Phi) is 6.12. The first-order valence-corrected chi connectivity index (χ1v) is 9.89. The molecular formula is C21H29N3O5. The fraction of sp³-hybridized carbons (Fsp3) is 0.571. The molecule has 3 rings (SSSR count). The fourth-order valence-corrected chi connectivity index (χ4v) is 3.95. The maximum Gasteiger partial charge on any atom is 0.407 e. The average Bonchev–Trinajstić information content (AvgIpc) is 2.88. The molecule has 2 fully saturated rings. The Morgan fingerprint density at radius 2 is 1.90 bits per heavy atom. The van der Waals surface area contributed by atoms with Gasteiger partial charge in [0.05, 0.1) is 12.1 Å². The third-order valence-electron chi connectivity index (χ3n) is 5.07. The molecule has 0 saturated carbocycles. The highest BCUT2D eigenvalue weighted by Crippen LogP contribution is 2.34. The summed E-state index contributed by atoms with van der Waals surface area (Å²) in [5.74, 6) is -0.300. The number of urea groups is 1. The van der Waals surface area contributed by atoms with Crippen molar-refractivity contribution in [1.29, 1.82) is 0 Å². The standard InChI is InChI=1S/C21H29N3O5/c1-14(25)18-16(11-22-19(26)29-21(2,3)4)10-17-12-23(18)20(27)24(17)28-13-15-8-6-5-7-9-15/h5-9,16-18H,10-13H2,1-4H3,(H,22,26)/t16-,17+,18-/m0/s1. The lowest BCUT2D eigenvalue weighted by molar-refractivity contribution is -0.142. The predicted octanol–water partition coefficient (Wildman–Crippen LogP) is 2.73. The molecular weight excluding hydrogens is 374 g/mol. The summed E-state index contributed by atoms with van der Waals surface area (Å²) in [7, 11) is 0. The monoisotopic (exact) mass is 403 g/mol. The first-order chi connectivity index (χ1) is 13.7. The smallest absolute Gasteiger partial charge is 0.407 e. The van der Waals surface area contributed by atoms with E-state index in [0.29, 0.717) is 13.0 Å². The lowest BCUT2D eigenvalue weighted by Gasteiger charge is -2.36. The first kappa shape index (κ1) is 21.1. The SMILES string of the molecule is CC(=O)[C@H]1[C@H](CNC(=O)OC(C)(C)C)C[C@@H]2CN1C(=O)N2OCc1ccccc1. The van der Waals surface area contributed by atoms with Crippen LogP contribution in [-0.4, -0.2) is 58.6 Å². The van der Waals surface area contributed by atoms with Crippen molar-refractivity contribution in [3.8, 4) is 0 Å². The van der Waals surface area contributed by atoms with Crippen LogP contribution in [0, 0.1) is 5.92 Å². The Morgan fingerprint density at radius 1 is 1.21 bits per heavy atom. The second-order valence-electron chi connectivity index (χ2n) is 8.61. The number of ketones is 1. The number of nitrogens with zero attached hydrogens (tertiary/aromatic N) is 2. The molecule has 2 bridgehead atoms. The zero-order chi connectivity index (χ0) is 21.2. The predicted molar refractivity (Wildman–Crippen MR) is 106 cm³/mol. The first-order valence-electron chi connectivity index (χ1n) is 9.89. The summed E-state index contributed by atoms with van der Waals surface area (Å²) < 4.78 is 5.27. The molecule has 8 heteroatoms. The van der Waals surface area contributed by atoms with E-state index in [1.807, 2.05) is 30.3 Å². The van der Waals surface area contributed by atoms with Gasteiger partial charge in [0.15, 0.2) is 5.78 Å². The van der Waals surface area contributed by atoms with Crippen molar-refractivity contribution in [3.05, 3.63) is 35.9 Å². The molecule has 0 unspecified atom stereocenters. The van der Waals surface area contributed by atoms with E-state index in [-0.39, 0.29) is 36.9 Å². The van der Waals surface area contributed by atoms with Crippen LogP contribution in [0.2, 0.25) is 0 Å². The Balaban J connectivity index is 1.65. The van der Waals surface area contributed by atoms with Gasteiger partial charge in [-0.15, -0.1) is 0 Å². The van der Waals surface area contributed by atoms with Gasteiger partial charge in [-0.05, 0) is 39.7 Å². The third-order valence-corrected chi connectivity index (χ3v) is 5.07.